The van der Waals surface area contributed by atoms with E-state index in [1.807, 2.05) is 0 Å². The van der Waals surface area contributed by atoms with E-state index >= 15 is 0 Å². The van der Waals surface area contributed by atoms with Gasteiger partial charge in [-0.15, -0.1) is 11.3 Å². The molecule has 1 rings (SSSR count). The summed E-state index contributed by atoms with van der Waals surface area (Å²) >= 11 is 5.33. The lowest BCUT2D eigenvalue weighted by Crippen LogP contribution is -2.30. The van der Waals surface area contributed by atoms with Crippen molar-refractivity contribution in [2.75, 3.05) is 13.1 Å². The maximum absolute atomic E-state index is 5.82. The van der Waals surface area contributed by atoms with Crippen LogP contribution in [0.4, 0.5) is 0 Å². The first-order valence-corrected chi connectivity index (χ1v) is 7.72. The highest BCUT2D eigenvalue weighted by molar-refractivity contribution is 9.10. The van der Waals surface area contributed by atoms with Crippen LogP contribution < -0.4 is 11.1 Å². The van der Waals surface area contributed by atoms with E-state index in [0.717, 1.165) is 19.6 Å². The van der Waals surface area contributed by atoms with Gasteiger partial charge < -0.3 is 11.1 Å². The zero-order valence-corrected chi connectivity index (χ0v) is 13.3. The van der Waals surface area contributed by atoms with Crippen LogP contribution in [-0.2, 0) is 6.54 Å². The molecule has 1 heterocycles. The van der Waals surface area contributed by atoms with Crippen LogP contribution in [0.15, 0.2) is 15.9 Å². The van der Waals surface area contributed by atoms with E-state index < -0.39 is 0 Å². The molecule has 0 aliphatic rings. The van der Waals surface area contributed by atoms with Crippen molar-refractivity contribution < 1.29 is 0 Å². The molecular weight excluding hydrogens is 296 g/mol. The number of hydrogen-bond donors (Lipinski definition) is 2. The van der Waals surface area contributed by atoms with Crippen LogP contribution >= 0.6 is 27.3 Å². The fraction of sp³-hybridized carbons (Fsp3) is 0.692. The average molecular weight is 319 g/mol. The minimum Gasteiger partial charge on any atom is -0.330 e. The van der Waals surface area contributed by atoms with Crippen LogP contribution in [0.25, 0.3) is 0 Å². The molecule has 1 atom stereocenters. The Morgan fingerprint density at radius 2 is 2.18 bits per heavy atom. The fourth-order valence-electron chi connectivity index (χ4n) is 1.95. The summed E-state index contributed by atoms with van der Waals surface area (Å²) < 4.78 is 1.20. The third-order valence-corrected chi connectivity index (χ3v) is 4.57. The average Bonchev–Trinajstić information content (AvgIpc) is 2.61. The molecule has 98 valence electrons. The largest absolute Gasteiger partial charge is 0.330 e. The molecule has 0 radical (unpaired) electrons. The molecule has 1 aromatic heterocycles. The number of halogens is 1. The van der Waals surface area contributed by atoms with E-state index in [2.05, 4.69) is 53.5 Å². The summed E-state index contributed by atoms with van der Waals surface area (Å²) in [4.78, 5) is 1.36. The van der Waals surface area contributed by atoms with E-state index in [0.29, 0.717) is 11.3 Å². The van der Waals surface area contributed by atoms with E-state index in [1.54, 1.807) is 11.3 Å². The van der Waals surface area contributed by atoms with Gasteiger partial charge in [-0.25, -0.2) is 0 Å². The molecule has 0 aliphatic carbocycles. The van der Waals surface area contributed by atoms with Gasteiger partial charge >= 0.3 is 0 Å². The molecule has 1 aromatic rings. The lowest BCUT2D eigenvalue weighted by atomic mass is 9.84. The molecule has 2 nitrogen and oxygen atoms in total. The van der Waals surface area contributed by atoms with Crippen LogP contribution in [0.1, 0.15) is 32.1 Å². The first kappa shape index (κ1) is 15.2. The van der Waals surface area contributed by atoms with E-state index in [1.165, 1.54) is 15.8 Å². The lowest BCUT2D eigenvalue weighted by Gasteiger charge is -2.25. The summed E-state index contributed by atoms with van der Waals surface area (Å²) in [6.45, 7) is 9.50. The second-order valence-corrected chi connectivity index (χ2v) is 7.54. The van der Waals surface area contributed by atoms with E-state index in [-0.39, 0.29) is 0 Å². The van der Waals surface area contributed by atoms with Crippen molar-refractivity contribution in [2.24, 2.45) is 17.1 Å². The fourth-order valence-corrected chi connectivity index (χ4v) is 3.41. The van der Waals surface area contributed by atoms with Gasteiger partial charge in [0.25, 0.3) is 0 Å². The maximum Gasteiger partial charge on any atom is 0.0327 e. The highest BCUT2D eigenvalue weighted by Gasteiger charge is 2.17. The summed E-state index contributed by atoms with van der Waals surface area (Å²) in [5.41, 5.74) is 6.18. The summed E-state index contributed by atoms with van der Waals surface area (Å²) in [6.07, 6.45) is 1.17. The molecule has 0 saturated heterocycles. The van der Waals surface area contributed by atoms with E-state index in [4.69, 9.17) is 5.73 Å². The van der Waals surface area contributed by atoms with Crippen molar-refractivity contribution in [1.29, 1.82) is 0 Å². The van der Waals surface area contributed by atoms with Gasteiger partial charge in [-0.1, -0.05) is 20.8 Å². The second-order valence-electron chi connectivity index (χ2n) is 5.69. The van der Waals surface area contributed by atoms with Gasteiger partial charge in [-0.2, -0.15) is 0 Å². The van der Waals surface area contributed by atoms with Gasteiger partial charge in [-0.05, 0) is 58.2 Å². The van der Waals surface area contributed by atoms with Crippen LogP contribution in [-0.4, -0.2) is 13.1 Å². The molecule has 0 saturated carbocycles. The highest BCUT2D eigenvalue weighted by Crippen LogP contribution is 2.24. The quantitative estimate of drug-likeness (QED) is 0.840. The number of nitrogens with two attached hydrogens (primary N) is 1. The molecule has 17 heavy (non-hydrogen) atoms. The van der Waals surface area contributed by atoms with Gasteiger partial charge in [0.1, 0.15) is 0 Å². The minimum absolute atomic E-state index is 0.356. The third-order valence-electron chi connectivity index (χ3n) is 2.64. The van der Waals surface area contributed by atoms with Crippen molar-refractivity contribution in [2.45, 2.75) is 33.7 Å². The third kappa shape index (κ3) is 6.00. The van der Waals surface area contributed by atoms with Gasteiger partial charge in [0.05, 0.1) is 0 Å². The maximum atomic E-state index is 5.82. The Labute approximate surface area is 117 Å². The SMILES string of the molecule is CC(C)(C)CC(CN)CNCc1sccc1Br. The first-order valence-electron chi connectivity index (χ1n) is 6.05. The number of rotatable bonds is 6. The molecule has 1 unspecified atom stereocenters. The Kier molecular flexibility index (Phi) is 6.13. The lowest BCUT2D eigenvalue weighted by molar-refractivity contribution is 0.290. The van der Waals surface area contributed by atoms with Crippen molar-refractivity contribution >= 4 is 27.3 Å². The number of thiophene rings is 1. The topological polar surface area (TPSA) is 38.0 Å². The van der Waals surface area contributed by atoms with Crippen molar-refractivity contribution in [3.05, 3.63) is 20.8 Å². The smallest absolute Gasteiger partial charge is 0.0327 e. The monoisotopic (exact) mass is 318 g/mol. The predicted molar refractivity (Wildman–Crippen MR) is 80.3 cm³/mol. The van der Waals surface area contributed by atoms with Gasteiger partial charge in [-0.3, -0.25) is 0 Å². The van der Waals surface area contributed by atoms with Crippen LogP contribution in [0.3, 0.4) is 0 Å². The van der Waals surface area contributed by atoms with Gasteiger partial charge in [0.2, 0.25) is 0 Å². The number of hydrogen-bond acceptors (Lipinski definition) is 3. The van der Waals surface area contributed by atoms with Crippen LogP contribution in [0.5, 0.6) is 0 Å². The van der Waals surface area contributed by atoms with Crippen molar-refractivity contribution in [3.8, 4) is 0 Å². The Morgan fingerprint density at radius 3 is 2.65 bits per heavy atom. The van der Waals surface area contributed by atoms with Crippen LogP contribution in [0, 0.1) is 11.3 Å². The zero-order valence-electron chi connectivity index (χ0n) is 10.9. The van der Waals surface area contributed by atoms with Crippen LogP contribution in [0.2, 0.25) is 0 Å². The van der Waals surface area contributed by atoms with E-state index in [9.17, 15) is 0 Å². The molecule has 0 aromatic carbocycles. The molecule has 4 heteroatoms. The molecule has 0 bridgehead atoms. The standard InChI is InChI=1S/C13H23BrN2S/c1-13(2,3)6-10(7-15)8-16-9-12-11(14)4-5-17-12/h4-5,10,16H,6-9,15H2,1-3H3. The van der Waals surface area contributed by atoms with Crippen molar-refractivity contribution in [3.63, 3.8) is 0 Å². The summed E-state index contributed by atoms with van der Waals surface area (Å²) in [6, 6.07) is 2.09. The molecule has 0 aliphatic heterocycles. The molecule has 0 fully saturated rings. The second kappa shape index (κ2) is 6.88. The Morgan fingerprint density at radius 1 is 1.47 bits per heavy atom. The first-order chi connectivity index (χ1) is 7.92. The number of nitrogens with one attached hydrogen (secondary N) is 1. The summed E-state index contributed by atoms with van der Waals surface area (Å²) in [5.74, 6) is 0.564. The highest BCUT2D eigenvalue weighted by atomic mass is 79.9. The molecule has 3 N–H and O–H groups in total. The predicted octanol–water partition coefficient (Wildman–Crippen LogP) is 3.61. The Bertz CT molecular complexity index is 330. The minimum atomic E-state index is 0.356. The van der Waals surface area contributed by atoms with Crippen molar-refractivity contribution in [1.82, 2.24) is 5.32 Å². The molecule has 0 amide bonds. The van der Waals surface area contributed by atoms with Gasteiger partial charge in [0.15, 0.2) is 0 Å². The molecule has 0 spiro atoms. The Hall–Kier alpha value is 0.100. The summed E-state index contributed by atoms with van der Waals surface area (Å²) in [5, 5.41) is 5.61. The normalized spacial score (nSPS) is 13.9. The molecular formula is C13H23BrN2S. The summed E-state index contributed by atoms with van der Waals surface area (Å²) in [7, 11) is 0. The van der Waals surface area contributed by atoms with Gasteiger partial charge in [0, 0.05) is 15.9 Å². The Balaban J connectivity index is 2.31. The zero-order chi connectivity index (χ0) is 12.9.